The molecule has 0 fully saturated rings. The quantitative estimate of drug-likeness (QED) is 0.315. The molecule has 1 amide bonds. The molecule has 0 spiro atoms. The first-order chi connectivity index (χ1) is 15.9. The summed E-state index contributed by atoms with van der Waals surface area (Å²) in [6, 6.07) is 18.4. The summed E-state index contributed by atoms with van der Waals surface area (Å²) in [6.07, 6.45) is -1.13. The fraction of sp³-hybridized carbons (Fsp3) is 0.200. The average molecular weight is 451 g/mol. The Morgan fingerprint density at radius 2 is 1.85 bits per heavy atom. The largest absolute Gasteiger partial charge is 0.497 e. The molecule has 33 heavy (non-hydrogen) atoms. The summed E-state index contributed by atoms with van der Waals surface area (Å²) < 4.78 is 31.1. The van der Waals surface area contributed by atoms with Crippen LogP contribution in [0.25, 0.3) is 0 Å². The van der Waals surface area contributed by atoms with Crippen LogP contribution < -0.4 is 20.5 Å². The van der Waals surface area contributed by atoms with Gasteiger partial charge in [-0.25, -0.2) is 4.39 Å². The number of nitrogens with one attached hydrogen (secondary N) is 2. The number of amidine groups is 1. The molecule has 1 atom stereocenters. The third-order valence-electron chi connectivity index (χ3n) is 4.86. The van der Waals surface area contributed by atoms with Crippen LogP contribution in [0.15, 0.2) is 66.7 Å². The van der Waals surface area contributed by atoms with Gasteiger partial charge in [0.25, 0.3) is 5.91 Å². The van der Waals surface area contributed by atoms with Gasteiger partial charge in [0.15, 0.2) is 6.10 Å². The van der Waals surface area contributed by atoms with Crippen molar-refractivity contribution in [3.8, 4) is 17.2 Å². The minimum absolute atomic E-state index is 0.0978. The number of carbonyl (C=O) groups is 1. The van der Waals surface area contributed by atoms with Crippen molar-refractivity contribution in [2.24, 2.45) is 5.73 Å². The zero-order valence-electron chi connectivity index (χ0n) is 18.4. The van der Waals surface area contributed by atoms with Crippen LogP contribution in [-0.4, -0.2) is 25.5 Å². The first kappa shape index (κ1) is 23.7. The van der Waals surface area contributed by atoms with Crippen LogP contribution in [0.4, 0.5) is 4.39 Å². The van der Waals surface area contributed by atoms with Gasteiger partial charge < -0.3 is 25.3 Å². The van der Waals surface area contributed by atoms with E-state index in [0.29, 0.717) is 28.4 Å². The van der Waals surface area contributed by atoms with Gasteiger partial charge in [-0.1, -0.05) is 30.3 Å². The molecule has 0 aromatic heterocycles. The third kappa shape index (κ3) is 6.08. The number of rotatable bonds is 10. The van der Waals surface area contributed by atoms with E-state index in [9.17, 15) is 9.18 Å². The molecule has 0 radical (unpaired) electrons. The predicted molar refractivity (Wildman–Crippen MR) is 123 cm³/mol. The Kier molecular flexibility index (Phi) is 7.99. The van der Waals surface area contributed by atoms with E-state index in [-0.39, 0.29) is 24.6 Å². The van der Waals surface area contributed by atoms with E-state index < -0.39 is 17.8 Å². The maximum atomic E-state index is 14.6. The van der Waals surface area contributed by atoms with Gasteiger partial charge in [-0.3, -0.25) is 10.2 Å². The first-order valence-corrected chi connectivity index (χ1v) is 10.4. The summed E-state index contributed by atoms with van der Waals surface area (Å²) in [4.78, 5) is 12.9. The number of para-hydroxylation sites is 1. The van der Waals surface area contributed by atoms with Gasteiger partial charge in [-0.2, -0.15) is 0 Å². The van der Waals surface area contributed by atoms with E-state index in [4.69, 9.17) is 25.4 Å². The Labute approximate surface area is 191 Å². The zero-order valence-corrected chi connectivity index (χ0v) is 18.4. The number of amides is 1. The fourth-order valence-corrected chi connectivity index (χ4v) is 3.17. The van der Waals surface area contributed by atoms with Crippen molar-refractivity contribution in [3.63, 3.8) is 0 Å². The highest BCUT2D eigenvalue weighted by molar-refractivity contribution is 5.95. The van der Waals surface area contributed by atoms with Crippen LogP contribution in [0, 0.1) is 11.2 Å². The summed E-state index contributed by atoms with van der Waals surface area (Å²) in [6.45, 7) is 2.05. The zero-order chi connectivity index (χ0) is 23.8. The van der Waals surface area contributed by atoms with Crippen molar-refractivity contribution in [1.29, 1.82) is 5.41 Å². The molecule has 7 nitrogen and oxygen atoms in total. The second-order valence-corrected chi connectivity index (χ2v) is 7.09. The monoisotopic (exact) mass is 451 g/mol. The van der Waals surface area contributed by atoms with Gasteiger partial charge >= 0.3 is 0 Å². The van der Waals surface area contributed by atoms with Gasteiger partial charge in [0.05, 0.1) is 7.11 Å². The lowest BCUT2D eigenvalue weighted by Gasteiger charge is -2.19. The lowest BCUT2D eigenvalue weighted by atomic mass is 10.1. The van der Waals surface area contributed by atoms with Crippen LogP contribution >= 0.6 is 0 Å². The second-order valence-electron chi connectivity index (χ2n) is 7.09. The summed E-state index contributed by atoms with van der Waals surface area (Å²) >= 11 is 0. The number of methoxy groups -OCH3 is 1. The number of hydrogen-bond acceptors (Lipinski definition) is 5. The number of hydrogen-bond donors (Lipinski definition) is 3. The highest BCUT2D eigenvalue weighted by Gasteiger charge is 2.25. The Hall–Kier alpha value is -3.91. The second kappa shape index (κ2) is 11.1. The van der Waals surface area contributed by atoms with Crippen LogP contribution in [0.2, 0.25) is 0 Å². The van der Waals surface area contributed by atoms with Crippen LogP contribution in [-0.2, 0) is 16.1 Å². The summed E-state index contributed by atoms with van der Waals surface area (Å²) in [5.74, 6) is 0.190. The Balaban J connectivity index is 1.82. The molecule has 3 aromatic rings. The van der Waals surface area contributed by atoms with E-state index >= 15 is 0 Å². The van der Waals surface area contributed by atoms with Gasteiger partial charge in [0.1, 0.15) is 28.9 Å². The third-order valence-corrected chi connectivity index (χ3v) is 4.86. The number of halogens is 1. The van der Waals surface area contributed by atoms with E-state index in [1.54, 1.807) is 43.3 Å². The molecule has 1 unspecified atom stereocenters. The molecule has 0 saturated carbocycles. The molecule has 0 saturated heterocycles. The smallest absolute Gasteiger partial charge is 0.254 e. The van der Waals surface area contributed by atoms with Crippen LogP contribution in [0.3, 0.4) is 0 Å². The maximum Gasteiger partial charge on any atom is 0.254 e. The molecule has 8 heteroatoms. The Bertz CT molecular complexity index is 1120. The summed E-state index contributed by atoms with van der Waals surface area (Å²) in [7, 11) is 1.44. The van der Waals surface area contributed by atoms with Gasteiger partial charge in [-0.05, 0) is 37.3 Å². The molecule has 0 heterocycles. The van der Waals surface area contributed by atoms with Crippen molar-refractivity contribution in [2.45, 2.75) is 19.6 Å². The van der Waals surface area contributed by atoms with E-state index in [0.717, 1.165) is 0 Å². The molecule has 3 aromatic carbocycles. The molecule has 0 aliphatic heterocycles. The predicted octanol–water partition coefficient (Wildman–Crippen LogP) is 4.30. The molecule has 0 aliphatic rings. The SMILES string of the molecule is CCOC(C(=O)NCc1ccc(C(=N)N)cc1Oc1ccccc1)c1ccc(OC)cc1F. The average Bonchev–Trinajstić information content (AvgIpc) is 2.82. The molecule has 0 aliphatic carbocycles. The van der Waals surface area contributed by atoms with Crippen LogP contribution in [0.1, 0.15) is 29.7 Å². The Morgan fingerprint density at radius 3 is 2.48 bits per heavy atom. The normalized spacial score (nSPS) is 11.5. The summed E-state index contributed by atoms with van der Waals surface area (Å²) in [5, 5.41) is 10.5. The van der Waals surface area contributed by atoms with Crippen molar-refractivity contribution < 1.29 is 23.4 Å². The number of nitrogens with two attached hydrogens (primary N) is 1. The molecule has 0 bridgehead atoms. The van der Waals surface area contributed by atoms with Crippen molar-refractivity contribution in [2.75, 3.05) is 13.7 Å². The molecule has 4 N–H and O–H groups in total. The number of nitrogen functional groups attached to an aromatic ring is 1. The standard InChI is InChI=1S/C25H26FN3O4/c1-3-32-23(20-12-11-19(31-2)14-21(20)26)25(30)29-15-17-10-9-16(24(27)28)13-22(17)33-18-7-5-4-6-8-18/h4-14,23H,3,15H2,1-2H3,(H3,27,28)(H,29,30). The lowest BCUT2D eigenvalue weighted by Crippen LogP contribution is -2.31. The highest BCUT2D eigenvalue weighted by atomic mass is 19.1. The molecule has 3 rings (SSSR count). The van der Waals surface area contributed by atoms with Crippen LogP contribution in [0.5, 0.6) is 17.2 Å². The first-order valence-electron chi connectivity index (χ1n) is 10.4. The fourth-order valence-electron chi connectivity index (χ4n) is 3.17. The summed E-state index contributed by atoms with van der Waals surface area (Å²) in [5.41, 5.74) is 6.88. The molecular formula is C25H26FN3O4. The number of ether oxygens (including phenoxy) is 3. The minimum atomic E-state index is -1.13. The topological polar surface area (TPSA) is 107 Å². The van der Waals surface area contributed by atoms with Crippen molar-refractivity contribution in [1.82, 2.24) is 5.32 Å². The minimum Gasteiger partial charge on any atom is -0.497 e. The maximum absolute atomic E-state index is 14.6. The van der Waals surface area contributed by atoms with E-state index in [2.05, 4.69) is 5.32 Å². The molecule has 172 valence electrons. The number of carbonyl (C=O) groups excluding carboxylic acids is 1. The van der Waals surface area contributed by atoms with Crippen molar-refractivity contribution >= 4 is 11.7 Å². The lowest BCUT2D eigenvalue weighted by molar-refractivity contribution is -0.133. The van der Waals surface area contributed by atoms with E-state index in [1.807, 2.05) is 18.2 Å². The van der Waals surface area contributed by atoms with Gasteiger partial charge in [0.2, 0.25) is 0 Å². The Morgan fingerprint density at radius 1 is 1.09 bits per heavy atom. The van der Waals surface area contributed by atoms with Crippen molar-refractivity contribution in [3.05, 3.63) is 89.2 Å². The van der Waals surface area contributed by atoms with E-state index in [1.165, 1.54) is 19.2 Å². The molecular weight excluding hydrogens is 425 g/mol. The van der Waals surface area contributed by atoms with Gasteiger partial charge in [-0.15, -0.1) is 0 Å². The highest BCUT2D eigenvalue weighted by Crippen LogP contribution is 2.28. The number of benzene rings is 3. The van der Waals surface area contributed by atoms with Gasteiger partial charge in [0, 0.05) is 35.9 Å².